The quantitative estimate of drug-likeness (QED) is 0.507. The lowest BCUT2D eigenvalue weighted by Gasteiger charge is -2.28. The smallest absolute Gasteiger partial charge is 0.264 e. The van der Waals surface area contributed by atoms with E-state index in [0.717, 1.165) is 29.6 Å². The number of rotatable bonds is 4. The van der Waals surface area contributed by atoms with E-state index in [1.807, 2.05) is 6.07 Å². The lowest BCUT2D eigenvalue weighted by Crippen LogP contribution is -2.54. The van der Waals surface area contributed by atoms with Crippen LogP contribution in [0.15, 0.2) is 18.2 Å². The van der Waals surface area contributed by atoms with Gasteiger partial charge < -0.3 is 5.32 Å². The van der Waals surface area contributed by atoms with Crippen molar-refractivity contribution in [2.75, 3.05) is 5.32 Å². The van der Waals surface area contributed by atoms with Crippen LogP contribution >= 0.6 is 0 Å². The first-order valence-corrected chi connectivity index (χ1v) is 13.1. The lowest BCUT2D eigenvalue weighted by molar-refractivity contribution is -0.136. The predicted octanol–water partition coefficient (Wildman–Crippen LogP) is 4.42. The first-order chi connectivity index (χ1) is 16.5. The Labute approximate surface area is 201 Å². The number of imide groups is 2. The van der Waals surface area contributed by atoms with Crippen LogP contribution in [0, 0.1) is 11.8 Å². The van der Waals surface area contributed by atoms with Crippen LogP contribution in [0.1, 0.15) is 104 Å². The van der Waals surface area contributed by atoms with Crippen LogP contribution < -0.4 is 10.6 Å². The van der Waals surface area contributed by atoms with Gasteiger partial charge in [0, 0.05) is 18.2 Å². The molecule has 3 unspecified atom stereocenters. The number of carbonyl (C=O) groups excluding carboxylic acids is 4. The summed E-state index contributed by atoms with van der Waals surface area (Å²) in [7, 11) is 0. The number of hydrogen-bond donors (Lipinski definition) is 2. The Kier molecular flexibility index (Phi) is 6.70. The average molecular weight is 466 g/mol. The molecule has 5 rings (SSSR count). The third-order valence-corrected chi connectivity index (χ3v) is 8.41. The maximum absolute atomic E-state index is 13.4. The van der Waals surface area contributed by atoms with Gasteiger partial charge in [-0.15, -0.1) is 0 Å². The molecule has 0 radical (unpaired) electrons. The molecule has 4 amide bonds. The average Bonchev–Trinajstić information content (AvgIpc) is 3.10. The molecule has 2 aliphatic carbocycles. The predicted molar refractivity (Wildman–Crippen MR) is 128 cm³/mol. The number of piperidine rings is 1. The van der Waals surface area contributed by atoms with Crippen LogP contribution in [0.25, 0.3) is 0 Å². The van der Waals surface area contributed by atoms with Crippen LogP contribution in [0.4, 0.5) is 5.69 Å². The van der Waals surface area contributed by atoms with Crippen molar-refractivity contribution in [3.63, 3.8) is 0 Å². The third-order valence-electron chi connectivity index (χ3n) is 8.41. The fourth-order valence-corrected chi connectivity index (χ4v) is 6.58. The second-order valence-corrected chi connectivity index (χ2v) is 10.5. The molecule has 3 fully saturated rings. The van der Waals surface area contributed by atoms with Crippen LogP contribution in [-0.4, -0.2) is 40.6 Å². The van der Waals surface area contributed by atoms with Gasteiger partial charge in [-0.05, 0) is 49.7 Å². The number of anilines is 1. The van der Waals surface area contributed by atoms with Crippen molar-refractivity contribution in [2.45, 2.75) is 95.6 Å². The molecule has 2 N–H and O–H groups in total. The van der Waals surface area contributed by atoms with E-state index in [4.69, 9.17) is 0 Å². The number of benzene rings is 1. The minimum atomic E-state index is -0.934. The molecule has 0 spiro atoms. The molecule has 0 aromatic heterocycles. The maximum atomic E-state index is 13.4. The van der Waals surface area contributed by atoms with Crippen molar-refractivity contribution in [2.24, 2.45) is 11.8 Å². The molecule has 2 aliphatic heterocycles. The van der Waals surface area contributed by atoms with E-state index in [1.165, 1.54) is 57.8 Å². The van der Waals surface area contributed by atoms with Crippen LogP contribution in [0.5, 0.6) is 0 Å². The largest absolute Gasteiger partial charge is 0.382 e. The lowest BCUT2D eigenvalue weighted by atomic mass is 9.81. The molecule has 3 atom stereocenters. The van der Waals surface area contributed by atoms with E-state index in [9.17, 15) is 19.2 Å². The summed E-state index contributed by atoms with van der Waals surface area (Å²) >= 11 is 0. The number of hydrogen-bond acceptors (Lipinski definition) is 5. The summed E-state index contributed by atoms with van der Waals surface area (Å²) in [5, 5.41) is 5.85. The van der Waals surface area contributed by atoms with Gasteiger partial charge in [0.15, 0.2) is 0 Å². The number of nitrogens with one attached hydrogen (secondary N) is 2. The Bertz CT molecular complexity index is 982. The molecule has 7 nitrogen and oxygen atoms in total. The van der Waals surface area contributed by atoms with E-state index in [-0.39, 0.29) is 24.8 Å². The first-order valence-electron chi connectivity index (χ1n) is 13.1. The van der Waals surface area contributed by atoms with Crippen molar-refractivity contribution >= 4 is 29.3 Å². The molecule has 0 bridgehead atoms. The topological polar surface area (TPSA) is 95.6 Å². The fraction of sp³-hybridized carbons (Fsp3) is 0.630. The number of amides is 4. The second-order valence-electron chi connectivity index (χ2n) is 10.5. The molecule has 7 heteroatoms. The van der Waals surface area contributed by atoms with Crippen molar-refractivity contribution in [1.82, 2.24) is 10.2 Å². The van der Waals surface area contributed by atoms with Gasteiger partial charge in [-0.2, -0.15) is 0 Å². The highest BCUT2D eigenvalue weighted by molar-refractivity contribution is 6.25. The molecule has 1 aromatic rings. The van der Waals surface area contributed by atoms with Gasteiger partial charge in [-0.1, -0.05) is 57.4 Å². The highest BCUT2D eigenvalue weighted by Gasteiger charge is 2.45. The highest BCUT2D eigenvalue weighted by atomic mass is 16.2. The van der Waals surface area contributed by atoms with E-state index in [1.54, 1.807) is 12.1 Å². The van der Waals surface area contributed by atoms with Crippen LogP contribution in [-0.2, 0) is 9.59 Å². The van der Waals surface area contributed by atoms with Crippen LogP contribution in [0.3, 0.4) is 0 Å². The monoisotopic (exact) mass is 465 g/mol. The molecular weight excluding hydrogens is 430 g/mol. The molecule has 182 valence electrons. The Morgan fingerprint density at radius 1 is 0.765 bits per heavy atom. The normalized spacial score (nSPS) is 28.8. The minimum absolute atomic E-state index is 0.124. The van der Waals surface area contributed by atoms with Gasteiger partial charge in [-0.3, -0.25) is 29.4 Å². The molecule has 1 saturated heterocycles. The molecule has 34 heavy (non-hydrogen) atoms. The van der Waals surface area contributed by atoms with Gasteiger partial charge in [0.2, 0.25) is 11.8 Å². The summed E-state index contributed by atoms with van der Waals surface area (Å²) in [4.78, 5) is 51.4. The summed E-state index contributed by atoms with van der Waals surface area (Å²) in [5.41, 5.74) is 1.38. The van der Waals surface area contributed by atoms with E-state index in [2.05, 4.69) is 10.6 Å². The third kappa shape index (κ3) is 4.49. The summed E-state index contributed by atoms with van der Waals surface area (Å²) in [6, 6.07) is 4.66. The molecular formula is C27H35N3O4. The Balaban J connectivity index is 1.29. The first kappa shape index (κ1) is 23.1. The summed E-state index contributed by atoms with van der Waals surface area (Å²) < 4.78 is 0. The van der Waals surface area contributed by atoms with E-state index in [0.29, 0.717) is 16.8 Å². The fourth-order valence-electron chi connectivity index (χ4n) is 6.58. The van der Waals surface area contributed by atoms with Crippen LogP contribution in [0.2, 0.25) is 0 Å². The molecule has 2 heterocycles. The zero-order valence-corrected chi connectivity index (χ0v) is 19.8. The summed E-state index contributed by atoms with van der Waals surface area (Å²) in [6.45, 7) is 0. The van der Waals surface area contributed by atoms with E-state index >= 15 is 0 Å². The van der Waals surface area contributed by atoms with Crippen molar-refractivity contribution in [1.29, 1.82) is 0 Å². The highest BCUT2D eigenvalue weighted by Crippen LogP contribution is 2.38. The number of fused-ring (bicyclic) bond motifs is 1. The number of carbonyl (C=O) groups is 4. The second kappa shape index (κ2) is 9.88. The summed E-state index contributed by atoms with van der Waals surface area (Å²) in [6.07, 6.45) is 14.4. The Hall–Kier alpha value is -2.70. The molecule has 1 aromatic carbocycles. The number of nitrogens with zero attached hydrogens (tertiary/aromatic N) is 1. The van der Waals surface area contributed by atoms with E-state index < -0.39 is 23.8 Å². The van der Waals surface area contributed by atoms with Gasteiger partial charge in [0.25, 0.3) is 11.8 Å². The standard InChI is InChI=1S/C27H35N3O4/c31-23-16-15-22(25(32)29-23)30-26(33)20-11-6-12-21(24(20)27(30)34)28-19-10-5-9-18(13-14-19)17-7-3-1-2-4-8-17/h6,11-12,17-19,22,28H,1-5,7-10,13-16H2,(H,29,31,32). The zero-order chi connectivity index (χ0) is 23.7. The molecule has 4 aliphatic rings. The zero-order valence-electron chi connectivity index (χ0n) is 19.8. The SMILES string of the molecule is O=C1CCC(N2C(=O)c3cccc(NC4CCCC(C5CCCCCC5)CC4)c3C2=O)C(=O)N1. The summed E-state index contributed by atoms with van der Waals surface area (Å²) in [5.74, 6) is -0.166. The van der Waals surface area contributed by atoms with Crippen molar-refractivity contribution < 1.29 is 19.2 Å². The van der Waals surface area contributed by atoms with Gasteiger partial charge in [-0.25, -0.2) is 0 Å². The Morgan fingerprint density at radius 2 is 1.50 bits per heavy atom. The minimum Gasteiger partial charge on any atom is -0.382 e. The Morgan fingerprint density at radius 3 is 2.26 bits per heavy atom. The van der Waals surface area contributed by atoms with Crippen molar-refractivity contribution in [3.05, 3.63) is 29.3 Å². The van der Waals surface area contributed by atoms with Gasteiger partial charge in [0.05, 0.1) is 11.1 Å². The molecule has 2 saturated carbocycles. The van der Waals surface area contributed by atoms with Gasteiger partial charge >= 0.3 is 0 Å². The van der Waals surface area contributed by atoms with Gasteiger partial charge in [0.1, 0.15) is 6.04 Å². The van der Waals surface area contributed by atoms with Crippen molar-refractivity contribution in [3.8, 4) is 0 Å². The maximum Gasteiger partial charge on any atom is 0.264 e.